The number of fused-ring (bicyclic) bond motifs is 1. The average molecular weight is 280 g/mol. The second-order valence-corrected chi connectivity index (χ2v) is 6.51. The quantitative estimate of drug-likeness (QED) is 0.825. The van der Waals surface area contributed by atoms with Crippen LogP contribution in [0, 0.1) is 11.8 Å². The molecule has 20 heavy (non-hydrogen) atoms. The van der Waals surface area contributed by atoms with E-state index in [0.29, 0.717) is 18.9 Å². The summed E-state index contributed by atoms with van der Waals surface area (Å²) in [5.74, 6) is -0.887. The van der Waals surface area contributed by atoms with Gasteiger partial charge < -0.3 is 10.0 Å². The Morgan fingerprint density at radius 3 is 2.50 bits per heavy atom. The Bertz CT molecular complexity index is 399. The fourth-order valence-electron chi connectivity index (χ4n) is 4.04. The SMILES string of the molecule is O=C(O)[C@H]1CC[C@@H](C(=O)N2CCN3CCCCC3C2)C1. The molecule has 1 aliphatic carbocycles. The van der Waals surface area contributed by atoms with E-state index in [0.717, 1.165) is 26.1 Å². The molecule has 1 N–H and O–H groups in total. The molecule has 5 nitrogen and oxygen atoms in total. The molecule has 1 amide bonds. The number of carbonyl (C=O) groups is 2. The van der Waals surface area contributed by atoms with Crippen molar-refractivity contribution in [2.45, 2.75) is 44.6 Å². The molecule has 0 aromatic rings. The summed E-state index contributed by atoms with van der Waals surface area (Å²) in [5.41, 5.74) is 0. The first kappa shape index (κ1) is 13.9. The molecule has 0 radical (unpaired) electrons. The van der Waals surface area contributed by atoms with Crippen LogP contribution in [0.5, 0.6) is 0 Å². The number of nitrogens with zero attached hydrogens (tertiary/aromatic N) is 2. The second kappa shape index (κ2) is 5.72. The molecule has 0 aromatic carbocycles. The monoisotopic (exact) mass is 280 g/mol. The predicted molar refractivity (Wildman–Crippen MR) is 74.3 cm³/mol. The highest BCUT2D eigenvalue weighted by atomic mass is 16.4. The molecule has 0 spiro atoms. The van der Waals surface area contributed by atoms with Gasteiger partial charge in [0.25, 0.3) is 0 Å². The Balaban J connectivity index is 1.57. The van der Waals surface area contributed by atoms with E-state index in [4.69, 9.17) is 5.11 Å². The van der Waals surface area contributed by atoms with E-state index in [1.807, 2.05) is 4.90 Å². The maximum atomic E-state index is 12.6. The Morgan fingerprint density at radius 1 is 0.950 bits per heavy atom. The molecule has 112 valence electrons. The largest absolute Gasteiger partial charge is 0.481 e. The zero-order valence-electron chi connectivity index (χ0n) is 12.0. The van der Waals surface area contributed by atoms with Crippen LogP contribution in [0.3, 0.4) is 0 Å². The van der Waals surface area contributed by atoms with Gasteiger partial charge in [-0.3, -0.25) is 14.5 Å². The van der Waals surface area contributed by atoms with Crippen LogP contribution in [0.15, 0.2) is 0 Å². The Kier molecular flexibility index (Phi) is 3.96. The molecule has 3 rings (SSSR count). The highest BCUT2D eigenvalue weighted by Gasteiger charge is 2.38. The topological polar surface area (TPSA) is 60.9 Å². The van der Waals surface area contributed by atoms with Gasteiger partial charge in [0.15, 0.2) is 0 Å². The van der Waals surface area contributed by atoms with Crippen molar-refractivity contribution < 1.29 is 14.7 Å². The molecular weight excluding hydrogens is 256 g/mol. The molecule has 2 saturated heterocycles. The van der Waals surface area contributed by atoms with Crippen LogP contribution in [-0.2, 0) is 9.59 Å². The summed E-state index contributed by atoms with van der Waals surface area (Å²) in [7, 11) is 0. The minimum Gasteiger partial charge on any atom is -0.481 e. The summed E-state index contributed by atoms with van der Waals surface area (Å²) in [5, 5.41) is 9.05. The number of carbonyl (C=O) groups excluding carboxylic acids is 1. The van der Waals surface area contributed by atoms with Gasteiger partial charge in [0.1, 0.15) is 0 Å². The van der Waals surface area contributed by atoms with Crippen LogP contribution in [0.4, 0.5) is 0 Å². The Hall–Kier alpha value is -1.10. The van der Waals surface area contributed by atoms with Gasteiger partial charge in [-0.25, -0.2) is 0 Å². The number of piperidine rings is 1. The van der Waals surface area contributed by atoms with Gasteiger partial charge in [-0.1, -0.05) is 6.42 Å². The van der Waals surface area contributed by atoms with Crippen molar-refractivity contribution >= 4 is 11.9 Å². The highest BCUT2D eigenvalue weighted by molar-refractivity contribution is 5.81. The van der Waals surface area contributed by atoms with Crippen LogP contribution in [0.25, 0.3) is 0 Å². The van der Waals surface area contributed by atoms with Crippen LogP contribution >= 0.6 is 0 Å². The van der Waals surface area contributed by atoms with E-state index < -0.39 is 5.97 Å². The first-order valence-electron chi connectivity index (χ1n) is 7.91. The number of hydrogen-bond acceptors (Lipinski definition) is 3. The van der Waals surface area contributed by atoms with Crippen molar-refractivity contribution in [3.8, 4) is 0 Å². The van der Waals surface area contributed by atoms with Crippen molar-refractivity contribution in [2.75, 3.05) is 26.2 Å². The van der Waals surface area contributed by atoms with Crippen molar-refractivity contribution in [3.05, 3.63) is 0 Å². The minimum atomic E-state index is -0.739. The molecule has 1 saturated carbocycles. The third-order valence-electron chi connectivity index (χ3n) is 5.28. The third kappa shape index (κ3) is 2.68. The highest BCUT2D eigenvalue weighted by Crippen LogP contribution is 2.33. The van der Waals surface area contributed by atoms with Crippen LogP contribution in [0.2, 0.25) is 0 Å². The second-order valence-electron chi connectivity index (χ2n) is 6.51. The molecule has 3 fully saturated rings. The summed E-state index contributed by atoms with van der Waals surface area (Å²) in [4.78, 5) is 28.1. The molecule has 5 heteroatoms. The first-order chi connectivity index (χ1) is 9.65. The zero-order valence-corrected chi connectivity index (χ0v) is 12.0. The predicted octanol–water partition coefficient (Wildman–Crippen LogP) is 1.18. The Labute approximate surface area is 119 Å². The third-order valence-corrected chi connectivity index (χ3v) is 5.28. The van der Waals surface area contributed by atoms with Gasteiger partial charge in [-0.15, -0.1) is 0 Å². The maximum Gasteiger partial charge on any atom is 0.306 e. The average Bonchev–Trinajstić information content (AvgIpc) is 2.96. The van der Waals surface area contributed by atoms with E-state index in [1.165, 1.54) is 25.8 Å². The smallest absolute Gasteiger partial charge is 0.306 e. The summed E-state index contributed by atoms with van der Waals surface area (Å²) >= 11 is 0. The fourth-order valence-corrected chi connectivity index (χ4v) is 4.04. The molecule has 2 heterocycles. The van der Waals surface area contributed by atoms with Crippen molar-refractivity contribution in [2.24, 2.45) is 11.8 Å². The molecular formula is C15H24N2O3. The molecule has 0 aromatic heterocycles. The van der Waals surface area contributed by atoms with E-state index in [9.17, 15) is 9.59 Å². The van der Waals surface area contributed by atoms with E-state index >= 15 is 0 Å². The molecule has 1 unspecified atom stereocenters. The minimum absolute atomic E-state index is 0.0498. The number of rotatable bonds is 2. The van der Waals surface area contributed by atoms with E-state index in [2.05, 4.69) is 4.90 Å². The zero-order chi connectivity index (χ0) is 14.1. The van der Waals surface area contributed by atoms with Gasteiger partial charge in [-0.2, -0.15) is 0 Å². The number of hydrogen-bond donors (Lipinski definition) is 1. The lowest BCUT2D eigenvalue weighted by molar-refractivity contribution is -0.142. The number of carboxylic acids is 1. The van der Waals surface area contributed by atoms with Gasteiger partial charge >= 0.3 is 5.97 Å². The lowest BCUT2D eigenvalue weighted by Crippen LogP contribution is -2.57. The molecule has 2 aliphatic heterocycles. The number of aliphatic carboxylic acids is 1. The lowest BCUT2D eigenvalue weighted by Gasteiger charge is -2.44. The summed E-state index contributed by atoms with van der Waals surface area (Å²) in [6, 6.07) is 0.540. The number of piperazine rings is 1. The molecule has 3 atom stereocenters. The van der Waals surface area contributed by atoms with Gasteiger partial charge in [0.05, 0.1) is 5.92 Å². The first-order valence-corrected chi connectivity index (χ1v) is 7.91. The van der Waals surface area contributed by atoms with Crippen molar-refractivity contribution in [1.82, 2.24) is 9.80 Å². The normalized spacial score (nSPS) is 34.8. The molecule has 3 aliphatic rings. The standard InChI is InChI=1S/C15H24N2O3/c18-14(11-4-5-12(9-11)15(19)20)17-8-7-16-6-2-1-3-13(16)10-17/h11-13H,1-10H2,(H,19,20)/t11-,12+,13?/m1/s1. The van der Waals surface area contributed by atoms with Crippen LogP contribution < -0.4 is 0 Å². The van der Waals surface area contributed by atoms with Crippen LogP contribution in [-0.4, -0.2) is 59.0 Å². The number of amides is 1. The van der Waals surface area contributed by atoms with Gasteiger partial charge in [0.2, 0.25) is 5.91 Å². The number of carboxylic acid groups (broad SMARTS) is 1. The van der Waals surface area contributed by atoms with Gasteiger partial charge in [-0.05, 0) is 38.6 Å². The van der Waals surface area contributed by atoms with E-state index in [1.54, 1.807) is 0 Å². The summed E-state index contributed by atoms with van der Waals surface area (Å²) in [6.07, 6.45) is 5.71. The molecule has 0 bridgehead atoms. The van der Waals surface area contributed by atoms with Crippen molar-refractivity contribution in [1.29, 1.82) is 0 Å². The fraction of sp³-hybridized carbons (Fsp3) is 0.867. The maximum absolute atomic E-state index is 12.6. The van der Waals surface area contributed by atoms with Gasteiger partial charge in [0, 0.05) is 31.6 Å². The Morgan fingerprint density at radius 2 is 1.75 bits per heavy atom. The lowest BCUT2D eigenvalue weighted by atomic mass is 9.97. The van der Waals surface area contributed by atoms with Crippen molar-refractivity contribution in [3.63, 3.8) is 0 Å². The summed E-state index contributed by atoms with van der Waals surface area (Å²) in [6.45, 7) is 3.85. The summed E-state index contributed by atoms with van der Waals surface area (Å²) < 4.78 is 0. The van der Waals surface area contributed by atoms with E-state index in [-0.39, 0.29) is 17.7 Å². The van der Waals surface area contributed by atoms with Crippen LogP contribution in [0.1, 0.15) is 38.5 Å².